The van der Waals surface area contributed by atoms with Gasteiger partial charge in [0.05, 0.1) is 12.3 Å². The third-order valence-corrected chi connectivity index (χ3v) is 5.94. The Morgan fingerprint density at radius 2 is 1.79 bits per heavy atom. The number of alkyl carbamates (subject to hydrolysis) is 1. The number of carbonyl (C=O) groups is 2. The molecular formula is C25H36N4O4. The maximum Gasteiger partial charge on any atom is 0.408 e. The number of amides is 2. The van der Waals surface area contributed by atoms with Gasteiger partial charge in [-0.3, -0.25) is 9.89 Å². The molecule has 0 bridgehead atoms. The molecule has 0 radical (unpaired) electrons. The van der Waals surface area contributed by atoms with Gasteiger partial charge in [0.15, 0.2) is 0 Å². The van der Waals surface area contributed by atoms with Gasteiger partial charge in [-0.05, 0) is 64.2 Å². The zero-order valence-corrected chi connectivity index (χ0v) is 20.0. The molecule has 1 atom stereocenters. The van der Waals surface area contributed by atoms with Gasteiger partial charge in [0, 0.05) is 16.9 Å². The van der Waals surface area contributed by atoms with E-state index in [9.17, 15) is 14.7 Å². The van der Waals surface area contributed by atoms with Crippen LogP contribution in [0.25, 0.3) is 11.1 Å². The third-order valence-electron chi connectivity index (χ3n) is 5.94. The highest BCUT2D eigenvalue weighted by atomic mass is 16.6. The second-order valence-electron chi connectivity index (χ2n) is 9.77. The Hall–Kier alpha value is -2.87. The van der Waals surface area contributed by atoms with Gasteiger partial charge in [-0.25, -0.2) is 4.79 Å². The predicted molar refractivity (Wildman–Crippen MR) is 128 cm³/mol. The number of nitrogens with zero attached hydrogens (tertiary/aromatic N) is 1. The minimum atomic E-state index is -0.658. The van der Waals surface area contributed by atoms with E-state index in [1.165, 1.54) is 0 Å². The number of carbonyl (C=O) groups excluding carboxylic acids is 2. The van der Waals surface area contributed by atoms with Crippen LogP contribution in [0.1, 0.15) is 70.7 Å². The maximum atomic E-state index is 13.3. The van der Waals surface area contributed by atoms with Crippen LogP contribution < -0.4 is 10.6 Å². The zero-order valence-electron chi connectivity index (χ0n) is 20.0. The highest BCUT2D eigenvalue weighted by Gasteiger charge is 2.32. The summed E-state index contributed by atoms with van der Waals surface area (Å²) in [5.74, 6) is -0.170. The first-order chi connectivity index (χ1) is 15.7. The minimum Gasteiger partial charge on any atom is -0.444 e. The first-order valence-corrected chi connectivity index (χ1v) is 11.7. The number of aromatic amines is 1. The average molecular weight is 457 g/mol. The van der Waals surface area contributed by atoms with Gasteiger partial charge in [-0.2, -0.15) is 5.10 Å². The Labute approximate surface area is 195 Å². The van der Waals surface area contributed by atoms with Crippen LogP contribution in [0.4, 0.5) is 10.5 Å². The quantitative estimate of drug-likeness (QED) is 0.471. The van der Waals surface area contributed by atoms with Crippen LogP contribution in [0.2, 0.25) is 0 Å². The summed E-state index contributed by atoms with van der Waals surface area (Å²) < 4.78 is 5.42. The second-order valence-corrected chi connectivity index (χ2v) is 9.77. The van der Waals surface area contributed by atoms with Gasteiger partial charge in [0.1, 0.15) is 11.6 Å². The fraction of sp³-hybridized carbons (Fsp3) is 0.560. The molecule has 3 rings (SSSR count). The Kier molecular flexibility index (Phi) is 8.13. The van der Waals surface area contributed by atoms with E-state index in [2.05, 4.69) is 20.8 Å². The molecule has 1 saturated carbocycles. The predicted octanol–water partition coefficient (Wildman–Crippen LogP) is 4.68. The number of ether oxygens (including phenoxy) is 1. The van der Waals surface area contributed by atoms with Crippen molar-refractivity contribution in [3.05, 3.63) is 35.7 Å². The van der Waals surface area contributed by atoms with Gasteiger partial charge in [0.2, 0.25) is 5.91 Å². The molecule has 2 aromatic rings. The minimum absolute atomic E-state index is 0.0694. The van der Waals surface area contributed by atoms with E-state index in [0.29, 0.717) is 11.4 Å². The number of aromatic nitrogens is 2. The Bertz CT molecular complexity index is 938. The van der Waals surface area contributed by atoms with Crippen molar-refractivity contribution in [2.75, 3.05) is 5.32 Å². The van der Waals surface area contributed by atoms with Crippen molar-refractivity contribution in [2.45, 2.75) is 84.5 Å². The number of benzene rings is 1. The molecule has 1 heterocycles. The van der Waals surface area contributed by atoms with Crippen LogP contribution in [0.3, 0.4) is 0 Å². The number of rotatable bonds is 6. The molecule has 8 nitrogen and oxygen atoms in total. The van der Waals surface area contributed by atoms with Crippen molar-refractivity contribution in [3.8, 4) is 11.1 Å². The van der Waals surface area contributed by atoms with Crippen LogP contribution in [-0.4, -0.2) is 38.9 Å². The van der Waals surface area contributed by atoms with Gasteiger partial charge >= 0.3 is 6.09 Å². The van der Waals surface area contributed by atoms with Gasteiger partial charge in [-0.1, -0.05) is 37.8 Å². The summed E-state index contributed by atoms with van der Waals surface area (Å²) >= 11 is 0. The largest absolute Gasteiger partial charge is 0.444 e. The highest BCUT2D eigenvalue weighted by molar-refractivity contribution is 5.97. The number of hydrogen-bond donors (Lipinski definition) is 4. The van der Waals surface area contributed by atoms with Crippen molar-refractivity contribution in [1.29, 1.82) is 0 Å². The van der Waals surface area contributed by atoms with E-state index in [-0.39, 0.29) is 18.4 Å². The van der Waals surface area contributed by atoms with Crippen LogP contribution >= 0.6 is 0 Å². The van der Waals surface area contributed by atoms with Crippen LogP contribution in [-0.2, 0) is 16.1 Å². The fourth-order valence-electron chi connectivity index (χ4n) is 4.39. The molecule has 4 N–H and O–H groups in total. The SMILES string of the molecule is Cc1[nH]nc(CO)c1-c1ccc(NC(=O)C(NC(=O)OC(C)(C)C)C2CCCCCC2)cc1. The summed E-state index contributed by atoms with van der Waals surface area (Å²) in [6.45, 7) is 7.16. The number of anilines is 1. The number of hydrogen-bond acceptors (Lipinski definition) is 5. The summed E-state index contributed by atoms with van der Waals surface area (Å²) in [6.07, 6.45) is 5.64. The molecule has 0 saturated heterocycles. The molecule has 1 aliphatic rings. The van der Waals surface area contributed by atoms with Crippen LogP contribution in [0.15, 0.2) is 24.3 Å². The molecule has 33 heavy (non-hydrogen) atoms. The monoisotopic (exact) mass is 456 g/mol. The van der Waals surface area contributed by atoms with Gasteiger partial charge < -0.3 is 20.5 Å². The number of aliphatic hydroxyl groups excluding tert-OH is 1. The molecule has 8 heteroatoms. The molecule has 1 aliphatic carbocycles. The van der Waals surface area contributed by atoms with Crippen molar-refractivity contribution >= 4 is 17.7 Å². The Balaban J connectivity index is 1.75. The Morgan fingerprint density at radius 3 is 2.36 bits per heavy atom. The lowest BCUT2D eigenvalue weighted by Crippen LogP contribution is -2.49. The van der Waals surface area contributed by atoms with Gasteiger partial charge in [-0.15, -0.1) is 0 Å². The lowest BCUT2D eigenvalue weighted by atomic mass is 9.91. The highest BCUT2D eigenvalue weighted by Crippen LogP contribution is 2.29. The first-order valence-electron chi connectivity index (χ1n) is 11.7. The molecule has 0 spiro atoms. The molecule has 1 fully saturated rings. The fourth-order valence-corrected chi connectivity index (χ4v) is 4.39. The molecule has 1 aromatic heterocycles. The van der Waals surface area contributed by atoms with E-state index in [4.69, 9.17) is 4.74 Å². The molecule has 0 aliphatic heterocycles. The second kappa shape index (κ2) is 10.8. The standard InChI is InChI=1S/C25H36N4O4/c1-16-21(20(15-30)29-28-16)17-11-13-19(14-12-17)26-23(31)22(18-9-7-5-6-8-10-18)27-24(32)33-25(2,3)4/h11-14,18,22,30H,5-10,15H2,1-4H3,(H,26,31)(H,27,32)(H,28,29). The van der Waals surface area contributed by atoms with E-state index >= 15 is 0 Å². The zero-order chi connectivity index (χ0) is 24.0. The van der Waals surface area contributed by atoms with Crippen molar-refractivity contribution < 1.29 is 19.4 Å². The average Bonchev–Trinajstić information content (AvgIpc) is 2.94. The lowest BCUT2D eigenvalue weighted by Gasteiger charge is -2.28. The summed E-state index contributed by atoms with van der Waals surface area (Å²) in [5, 5.41) is 22.3. The molecular weight excluding hydrogens is 420 g/mol. The number of aliphatic hydroxyl groups is 1. The van der Waals surface area contributed by atoms with E-state index in [0.717, 1.165) is 55.3 Å². The van der Waals surface area contributed by atoms with Crippen molar-refractivity contribution in [3.63, 3.8) is 0 Å². The smallest absolute Gasteiger partial charge is 0.408 e. The summed E-state index contributed by atoms with van der Waals surface area (Å²) in [6, 6.07) is 6.75. The lowest BCUT2D eigenvalue weighted by molar-refractivity contribution is -0.119. The third kappa shape index (κ3) is 6.81. The topological polar surface area (TPSA) is 116 Å². The van der Waals surface area contributed by atoms with Gasteiger partial charge in [0.25, 0.3) is 0 Å². The molecule has 2 amide bonds. The first kappa shape index (κ1) is 24.8. The number of aryl methyl sites for hydroxylation is 1. The van der Waals surface area contributed by atoms with E-state index in [1.807, 2.05) is 31.2 Å². The van der Waals surface area contributed by atoms with Crippen molar-refractivity contribution in [2.24, 2.45) is 5.92 Å². The number of H-pyrrole nitrogens is 1. The normalized spacial score (nSPS) is 16.0. The van der Waals surface area contributed by atoms with E-state index < -0.39 is 17.7 Å². The summed E-state index contributed by atoms with van der Waals surface area (Å²) in [5.41, 5.74) is 3.21. The maximum absolute atomic E-state index is 13.3. The molecule has 180 valence electrons. The summed E-state index contributed by atoms with van der Waals surface area (Å²) in [4.78, 5) is 25.7. The van der Waals surface area contributed by atoms with Crippen LogP contribution in [0.5, 0.6) is 0 Å². The Morgan fingerprint density at radius 1 is 1.15 bits per heavy atom. The molecule has 1 unspecified atom stereocenters. The van der Waals surface area contributed by atoms with E-state index in [1.54, 1.807) is 20.8 Å². The molecule has 1 aromatic carbocycles. The van der Waals surface area contributed by atoms with Crippen LogP contribution in [0, 0.1) is 12.8 Å². The summed E-state index contributed by atoms with van der Waals surface area (Å²) in [7, 11) is 0. The van der Waals surface area contributed by atoms with Crippen molar-refractivity contribution in [1.82, 2.24) is 15.5 Å². The number of nitrogens with one attached hydrogen (secondary N) is 3.